The Morgan fingerprint density at radius 1 is 0.941 bits per heavy atom. The summed E-state index contributed by atoms with van der Waals surface area (Å²) in [6.07, 6.45) is 14.4. The van der Waals surface area contributed by atoms with Gasteiger partial charge in [0.2, 0.25) is 0 Å². The van der Waals surface area contributed by atoms with E-state index in [0.717, 1.165) is 6.04 Å². The molecule has 0 aromatic heterocycles. The summed E-state index contributed by atoms with van der Waals surface area (Å²) < 4.78 is 0. The van der Waals surface area contributed by atoms with Crippen molar-refractivity contribution in [3.05, 3.63) is 0 Å². The van der Waals surface area contributed by atoms with Crippen LogP contribution in [0.4, 0.5) is 4.70 Å². The first-order valence-electron chi connectivity index (χ1n) is 7.58. The number of unbranched alkanes of at least 4 members (excludes halogenated alkanes) is 6. The summed E-state index contributed by atoms with van der Waals surface area (Å²) in [7, 11) is 0. The van der Waals surface area contributed by atoms with Crippen molar-refractivity contribution in [1.29, 1.82) is 0 Å². The van der Waals surface area contributed by atoms with Crippen LogP contribution in [0.3, 0.4) is 0 Å². The number of hydrogen-bond donors (Lipinski definition) is 0. The Bertz CT molecular complexity index is 161. The van der Waals surface area contributed by atoms with E-state index in [2.05, 4.69) is 18.7 Å². The van der Waals surface area contributed by atoms with Gasteiger partial charge in [0.05, 0.1) is 0 Å². The third-order valence-electron chi connectivity index (χ3n) is 3.99. The van der Waals surface area contributed by atoms with E-state index in [0.29, 0.717) is 0 Å². The van der Waals surface area contributed by atoms with Crippen molar-refractivity contribution < 1.29 is 4.70 Å². The highest BCUT2D eigenvalue weighted by Gasteiger charge is 2.16. The first-order chi connectivity index (χ1) is 7.84. The predicted molar refractivity (Wildman–Crippen MR) is 75.4 cm³/mol. The van der Waals surface area contributed by atoms with Crippen LogP contribution >= 0.6 is 0 Å². The quantitative estimate of drug-likeness (QED) is 0.557. The van der Waals surface area contributed by atoms with Gasteiger partial charge in [0, 0.05) is 6.04 Å². The highest BCUT2D eigenvalue weighted by atomic mass is 19.0. The van der Waals surface area contributed by atoms with Crippen molar-refractivity contribution in [2.45, 2.75) is 84.1 Å². The minimum absolute atomic E-state index is 0. The fourth-order valence-corrected chi connectivity index (χ4v) is 2.76. The van der Waals surface area contributed by atoms with Gasteiger partial charge in [-0.2, -0.15) is 0 Å². The Morgan fingerprint density at radius 3 is 2.24 bits per heavy atom. The third kappa shape index (κ3) is 7.75. The normalized spacial score (nSPS) is 21.2. The zero-order valence-electron chi connectivity index (χ0n) is 11.9. The maximum Gasteiger partial charge on any atom is 0.00669 e. The molecule has 1 fully saturated rings. The maximum absolute atomic E-state index is 2.70. The molecule has 0 aliphatic carbocycles. The monoisotopic (exact) mass is 245 g/mol. The lowest BCUT2D eigenvalue weighted by atomic mass is 10.0. The molecule has 1 saturated heterocycles. The minimum Gasteiger partial charge on any atom is -0.301 e. The summed E-state index contributed by atoms with van der Waals surface area (Å²) in [4.78, 5) is 2.70. The van der Waals surface area contributed by atoms with E-state index in [1.54, 1.807) is 0 Å². The molecule has 0 saturated carbocycles. The predicted octanol–water partition coefficient (Wildman–Crippen LogP) is 4.76. The van der Waals surface area contributed by atoms with Crippen LogP contribution in [0, 0.1) is 0 Å². The molecule has 1 unspecified atom stereocenters. The Labute approximate surface area is 107 Å². The van der Waals surface area contributed by atoms with Gasteiger partial charge in [-0.3, -0.25) is 4.70 Å². The molecule has 0 radical (unpaired) electrons. The van der Waals surface area contributed by atoms with E-state index in [-0.39, 0.29) is 4.70 Å². The summed E-state index contributed by atoms with van der Waals surface area (Å²) in [5.41, 5.74) is 0. The number of hydrogen-bond acceptors (Lipinski definition) is 1. The minimum atomic E-state index is 0. The van der Waals surface area contributed by atoms with Gasteiger partial charge < -0.3 is 4.90 Å². The lowest BCUT2D eigenvalue weighted by Gasteiger charge is -2.33. The van der Waals surface area contributed by atoms with Gasteiger partial charge in [0.1, 0.15) is 0 Å². The molecule has 2 heteroatoms. The zero-order chi connectivity index (χ0) is 11.6. The molecule has 17 heavy (non-hydrogen) atoms. The molecule has 1 atom stereocenters. The Kier molecular flexibility index (Phi) is 10.9. The van der Waals surface area contributed by atoms with Crippen LogP contribution < -0.4 is 0 Å². The van der Waals surface area contributed by atoms with Crippen LogP contribution in [0.5, 0.6) is 0 Å². The molecule has 1 heterocycles. The number of nitrogens with zero attached hydrogens (tertiary/aromatic N) is 1. The average Bonchev–Trinajstić information content (AvgIpc) is 2.30. The third-order valence-corrected chi connectivity index (χ3v) is 3.99. The molecule has 0 amide bonds. The zero-order valence-corrected chi connectivity index (χ0v) is 11.9. The topological polar surface area (TPSA) is 3.24 Å². The summed E-state index contributed by atoms with van der Waals surface area (Å²) in [6, 6.07) is 0.855. The number of rotatable bonds is 8. The van der Waals surface area contributed by atoms with E-state index in [9.17, 15) is 0 Å². The molecule has 0 spiro atoms. The lowest BCUT2D eigenvalue weighted by molar-refractivity contribution is 0.157. The summed E-state index contributed by atoms with van der Waals surface area (Å²) in [5, 5.41) is 0. The van der Waals surface area contributed by atoms with Gasteiger partial charge in [-0.05, 0) is 39.3 Å². The summed E-state index contributed by atoms with van der Waals surface area (Å²) >= 11 is 0. The fraction of sp³-hybridized carbons (Fsp3) is 1.00. The first-order valence-corrected chi connectivity index (χ1v) is 7.58. The van der Waals surface area contributed by atoms with E-state index in [1.807, 2.05) is 0 Å². The molecule has 0 N–H and O–H groups in total. The van der Waals surface area contributed by atoms with Crippen molar-refractivity contribution in [1.82, 2.24) is 4.90 Å². The van der Waals surface area contributed by atoms with Crippen molar-refractivity contribution >= 4 is 0 Å². The molecule has 1 rings (SSSR count). The van der Waals surface area contributed by atoms with Crippen LogP contribution in [-0.4, -0.2) is 24.0 Å². The fourth-order valence-electron chi connectivity index (χ4n) is 2.76. The largest absolute Gasteiger partial charge is 0.301 e. The molecule has 0 bridgehead atoms. The molecule has 0 aromatic carbocycles. The van der Waals surface area contributed by atoms with Crippen LogP contribution in [0.25, 0.3) is 0 Å². The van der Waals surface area contributed by atoms with Crippen LogP contribution in [0.15, 0.2) is 0 Å². The van der Waals surface area contributed by atoms with Crippen LogP contribution in [-0.2, 0) is 0 Å². The number of likely N-dealkylation sites (tertiary alicyclic amines) is 1. The lowest BCUT2D eigenvalue weighted by Crippen LogP contribution is -2.37. The van der Waals surface area contributed by atoms with Gasteiger partial charge in [0.15, 0.2) is 0 Å². The maximum atomic E-state index is 2.70. The van der Waals surface area contributed by atoms with E-state index in [1.165, 1.54) is 77.3 Å². The summed E-state index contributed by atoms with van der Waals surface area (Å²) in [6.45, 7) is 7.41. The average molecular weight is 245 g/mol. The van der Waals surface area contributed by atoms with Crippen molar-refractivity contribution in [2.24, 2.45) is 0 Å². The van der Waals surface area contributed by atoms with E-state index < -0.39 is 0 Å². The molecule has 1 aliphatic heterocycles. The van der Waals surface area contributed by atoms with Crippen LogP contribution in [0.1, 0.15) is 78.1 Å². The standard InChI is InChI=1S/C15H31N.FH/c1-3-4-5-6-7-8-10-13-16-14-11-9-12-15(16)2;/h15H,3-14H2,1-2H3;1H. The van der Waals surface area contributed by atoms with Gasteiger partial charge in [-0.1, -0.05) is 51.9 Å². The Hall–Kier alpha value is -0.110. The molecule has 104 valence electrons. The van der Waals surface area contributed by atoms with Crippen molar-refractivity contribution in [3.8, 4) is 0 Å². The first kappa shape index (κ1) is 16.9. The van der Waals surface area contributed by atoms with E-state index >= 15 is 0 Å². The molecule has 1 aliphatic rings. The summed E-state index contributed by atoms with van der Waals surface area (Å²) in [5.74, 6) is 0. The molecular formula is C15H32FN. The number of piperidine rings is 1. The van der Waals surface area contributed by atoms with Crippen molar-refractivity contribution in [2.75, 3.05) is 13.1 Å². The highest BCUT2D eigenvalue weighted by Crippen LogP contribution is 2.17. The van der Waals surface area contributed by atoms with Gasteiger partial charge in [-0.25, -0.2) is 0 Å². The number of halogens is 1. The van der Waals surface area contributed by atoms with Crippen molar-refractivity contribution in [3.63, 3.8) is 0 Å². The SMILES string of the molecule is CCCCCCCCCN1CCCCC1C.F. The highest BCUT2D eigenvalue weighted by molar-refractivity contribution is 4.72. The Balaban J connectivity index is 0.00000256. The smallest absolute Gasteiger partial charge is 0.00669 e. The van der Waals surface area contributed by atoms with Gasteiger partial charge >= 0.3 is 0 Å². The second-order valence-corrected chi connectivity index (χ2v) is 5.50. The second kappa shape index (κ2) is 11.0. The van der Waals surface area contributed by atoms with Crippen LogP contribution in [0.2, 0.25) is 0 Å². The molecule has 0 aromatic rings. The molecular weight excluding hydrogens is 213 g/mol. The van der Waals surface area contributed by atoms with Gasteiger partial charge in [-0.15, -0.1) is 0 Å². The van der Waals surface area contributed by atoms with Gasteiger partial charge in [0.25, 0.3) is 0 Å². The Morgan fingerprint density at radius 2 is 1.59 bits per heavy atom. The molecule has 1 nitrogen and oxygen atoms in total. The second-order valence-electron chi connectivity index (χ2n) is 5.50. The van der Waals surface area contributed by atoms with E-state index in [4.69, 9.17) is 0 Å².